The second-order valence-electron chi connectivity index (χ2n) is 7.12. The van der Waals surface area contributed by atoms with Gasteiger partial charge in [0.05, 0.1) is 0 Å². The van der Waals surface area contributed by atoms with Gasteiger partial charge in [-0.05, 0) is 0 Å². The molecule has 8 heteroatoms. The van der Waals surface area contributed by atoms with Gasteiger partial charge in [0.1, 0.15) is 0 Å². The zero-order valence-electron chi connectivity index (χ0n) is 16.7. The third kappa shape index (κ3) is 3.29. The molecule has 6 nitrogen and oxygen atoms in total. The van der Waals surface area contributed by atoms with E-state index < -0.39 is 17.8 Å². The maximum absolute atomic E-state index is 12.5. The predicted octanol–water partition coefficient (Wildman–Crippen LogP) is 1.62. The molecular formula is C23H17N3O3Se2. The molecule has 0 spiro atoms. The van der Waals surface area contributed by atoms with Crippen LogP contribution in [0.1, 0.15) is 4.44 Å². The van der Waals surface area contributed by atoms with Crippen LogP contribution in [0.2, 0.25) is 0 Å². The van der Waals surface area contributed by atoms with Crippen molar-refractivity contribution < 1.29 is 14.4 Å². The summed E-state index contributed by atoms with van der Waals surface area (Å²) in [5.41, 5.74) is 2.40. The van der Waals surface area contributed by atoms with Crippen molar-refractivity contribution in [1.82, 2.24) is 9.80 Å². The number of hydrogen-bond acceptors (Lipinski definition) is 4. The van der Waals surface area contributed by atoms with Crippen LogP contribution in [-0.2, 0) is 9.59 Å². The van der Waals surface area contributed by atoms with Gasteiger partial charge in [0.15, 0.2) is 0 Å². The second-order valence-corrected chi connectivity index (χ2v) is 11.7. The molecule has 0 bridgehead atoms. The quantitative estimate of drug-likeness (QED) is 0.220. The fourth-order valence-electron chi connectivity index (χ4n) is 3.60. The van der Waals surface area contributed by atoms with E-state index in [2.05, 4.69) is 59.5 Å². The van der Waals surface area contributed by atoms with E-state index in [0.29, 0.717) is 0 Å². The average molecular weight is 541 g/mol. The maximum atomic E-state index is 12.5. The van der Waals surface area contributed by atoms with Gasteiger partial charge >= 0.3 is 192 Å². The monoisotopic (exact) mass is 543 g/mol. The number of likely N-dealkylation sites (N-methyl/N-ethyl adjacent to an activating group) is 2. The van der Waals surface area contributed by atoms with E-state index in [1.807, 2.05) is 6.07 Å². The van der Waals surface area contributed by atoms with E-state index in [0.717, 1.165) is 18.8 Å². The van der Waals surface area contributed by atoms with Crippen LogP contribution in [-0.4, -0.2) is 71.2 Å². The first-order chi connectivity index (χ1) is 15.0. The summed E-state index contributed by atoms with van der Waals surface area (Å²) in [4.78, 5) is 41.3. The Kier molecular flexibility index (Phi) is 4.95. The van der Waals surface area contributed by atoms with E-state index in [1.165, 1.54) is 34.4 Å². The van der Waals surface area contributed by atoms with Crippen molar-refractivity contribution in [2.45, 2.75) is 0 Å². The fourth-order valence-corrected chi connectivity index (χ4v) is 7.87. The molecular weight excluding hydrogens is 524 g/mol. The van der Waals surface area contributed by atoms with Gasteiger partial charge < -0.3 is 0 Å². The molecule has 2 aliphatic heterocycles. The molecule has 2 aromatic carbocycles. The van der Waals surface area contributed by atoms with E-state index in [1.54, 1.807) is 6.08 Å². The number of carbonyl (C=O) groups is 3. The van der Waals surface area contributed by atoms with Crippen LogP contribution >= 0.6 is 0 Å². The summed E-state index contributed by atoms with van der Waals surface area (Å²) in [6.07, 6.45) is 1.64. The third-order valence-corrected chi connectivity index (χ3v) is 9.70. The fraction of sp³-hybridized carbons (Fsp3) is 0.0870. The number of benzene rings is 2. The molecule has 3 aromatic rings. The van der Waals surface area contributed by atoms with Crippen molar-refractivity contribution >= 4 is 78.2 Å². The van der Waals surface area contributed by atoms with E-state index >= 15 is 0 Å². The molecule has 1 saturated heterocycles. The van der Waals surface area contributed by atoms with Gasteiger partial charge in [-0.1, -0.05) is 0 Å². The van der Waals surface area contributed by atoms with Gasteiger partial charge in [0.2, 0.25) is 0 Å². The summed E-state index contributed by atoms with van der Waals surface area (Å²) in [5, 5.41) is 0. The van der Waals surface area contributed by atoms with Crippen molar-refractivity contribution in [2.75, 3.05) is 19.0 Å². The van der Waals surface area contributed by atoms with Crippen molar-refractivity contribution in [3.63, 3.8) is 0 Å². The predicted molar refractivity (Wildman–Crippen MR) is 122 cm³/mol. The average Bonchev–Trinajstić information content (AvgIpc) is 3.25. The first kappa shape index (κ1) is 20.0. The minimum absolute atomic E-state index is 0.0233. The number of urea groups is 1. The molecule has 4 amide bonds. The molecule has 0 aliphatic carbocycles. The number of hydrogen-bond donors (Lipinski definition) is 0. The summed E-state index contributed by atoms with van der Waals surface area (Å²) in [6.45, 7) is 0. The van der Waals surface area contributed by atoms with Gasteiger partial charge in [-0.15, -0.1) is 0 Å². The summed E-state index contributed by atoms with van der Waals surface area (Å²) in [7, 11) is 2.78. The topological polar surface area (TPSA) is 60.9 Å². The van der Waals surface area contributed by atoms with Gasteiger partial charge in [-0.3, -0.25) is 0 Å². The molecule has 1 fully saturated rings. The molecule has 154 valence electrons. The SMILES string of the molecule is CN1C(=O)C(=Cc2ccc(N3c4ccccc4[Se]c4ccccc43)[se]2)C(=O)N(C)C1=O. The van der Waals surface area contributed by atoms with Gasteiger partial charge in [0, 0.05) is 0 Å². The second kappa shape index (κ2) is 7.66. The van der Waals surface area contributed by atoms with Gasteiger partial charge in [-0.25, -0.2) is 0 Å². The van der Waals surface area contributed by atoms with Crippen LogP contribution in [0.4, 0.5) is 20.7 Å². The molecule has 3 heterocycles. The minimum atomic E-state index is -0.611. The zero-order valence-corrected chi connectivity index (χ0v) is 20.2. The molecule has 0 saturated carbocycles. The Bertz CT molecular complexity index is 1210. The van der Waals surface area contributed by atoms with Crippen LogP contribution < -0.4 is 13.8 Å². The number of anilines is 3. The Hall–Kier alpha value is -2.89. The first-order valence-corrected chi connectivity index (χ1v) is 13.0. The summed E-state index contributed by atoms with van der Waals surface area (Å²) < 4.78 is 4.72. The Labute approximate surface area is 191 Å². The van der Waals surface area contributed by atoms with Gasteiger partial charge in [-0.2, -0.15) is 0 Å². The van der Waals surface area contributed by atoms with Crippen LogP contribution in [0.3, 0.4) is 0 Å². The number of fused-ring (bicyclic) bond motifs is 2. The van der Waals surface area contributed by atoms with E-state index in [4.69, 9.17) is 0 Å². The van der Waals surface area contributed by atoms with Crippen LogP contribution in [0, 0.1) is 0 Å². The number of para-hydroxylation sites is 2. The van der Waals surface area contributed by atoms with Crippen molar-refractivity contribution in [1.29, 1.82) is 0 Å². The number of imide groups is 2. The van der Waals surface area contributed by atoms with Gasteiger partial charge in [0.25, 0.3) is 0 Å². The van der Waals surface area contributed by atoms with Crippen molar-refractivity contribution in [2.24, 2.45) is 0 Å². The Morgan fingerprint density at radius 1 is 0.742 bits per heavy atom. The summed E-state index contributed by atoms with van der Waals surface area (Å²) >= 11 is 0.146. The van der Waals surface area contributed by atoms with E-state index in [9.17, 15) is 14.4 Å². The number of rotatable bonds is 2. The Morgan fingerprint density at radius 2 is 1.29 bits per heavy atom. The first-order valence-electron chi connectivity index (χ1n) is 9.53. The van der Waals surface area contributed by atoms with Crippen molar-refractivity contribution in [3.8, 4) is 0 Å². The molecule has 31 heavy (non-hydrogen) atoms. The third-order valence-electron chi connectivity index (χ3n) is 5.20. The summed E-state index contributed by atoms with van der Waals surface area (Å²) in [6, 6.07) is 20.3. The Balaban J connectivity index is 1.57. The molecule has 0 unspecified atom stereocenters. The molecule has 2 aliphatic rings. The number of carbonyl (C=O) groups excluding carboxylic acids is 3. The molecule has 5 rings (SSSR count). The normalized spacial score (nSPS) is 15.9. The zero-order chi connectivity index (χ0) is 21.7. The molecule has 0 N–H and O–H groups in total. The van der Waals surface area contributed by atoms with E-state index in [-0.39, 0.29) is 35.0 Å². The standard InChI is InChI=1S/C23H17N3O3Se2/c1-24-21(27)15(22(28)25(2)23(24)29)13-14-11-12-20(30-14)26-16-7-3-5-9-18(16)31-19-10-6-4-8-17(19)26/h3-13H,1-2H3. The Morgan fingerprint density at radius 3 is 1.87 bits per heavy atom. The number of barbiturate groups is 1. The van der Waals surface area contributed by atoms with Crippen LogP contribution in [0.5, 0.6) is 0 Å². The number of amides is 4. The van der Waals surface area contributed by atoms with Crippen molar-refractivity contribution in [3.05, 3.63) is 70.7 Å². The van der Waals surface area contributed by atoms with Crippen LogP contribution in [0.15, 0.2) is 66.2 Å². The molecule has 1 aromatic heterocycles. The molecule has 0 atom stereocenters. The number of nitrogens with zero attached hydrogens (tertiary/aromatic N) is 3. The molecule has 0 radical (unpaired) electrons. The summed E-state index contributed by atoms with van der Waals surface area (Å²) in [5.74, 6) is -1.12. The van der Waals surface area contributed by atoms with Crippen LogP contribution in [0.25, 0.3) is 6.08 Å².